The number of hydrogen-bond donors (Lipinski definition) is 1. The molecule has 1 fully saturated rings. The molecule has 112 valence electrons. The molecule has 1 aliphatic heterocycles. The van der Waals surface area contributed by atoms with Crippen LogP contribution in [-0.4, -0.2) is 56.2 Å². The summed E-state index contributed by atoms with van der Waals surface area (Å²) in [6, 6.07) is 7.28. The Balaban J connectivity index is 2.17. The van der Waals surface area contributed by atoms with Gasteiger partial charge in [0.2, 0.25) is 0 Å². The number of rotatable bonds is 4. The van der Waals surface area contributed by atoms with Crippen molar-refractivity contribution in [1.29, 1.82) is 0 Å². The van der Waals surface area contributed by atoms with Crippen molar-refractivity contribution in [3.63, 3.8) is 0 Å². The smallest absolute Gasteiger partial charge is 0.121 e. The molecule has 1 heterocycles. The zero-order valence-electron chi connectivity index (χ0n) is 13.1. The first-order valence-electron chi connectivity index (χ1n) is 7.35. The van der Waals surface area contributed by atoms with Crippen LogP contribution < -0.4 is 10.5 Å². The van der Waals surface area contributed by atoms with Gasteiger partial charge in [-0.1, -0.05) is 12.1 Å². The first kappa shape index (κ1) is 15.3. The van der Waals surface area contributed by atoms with E-state index in [1.54, 1.807) is 7.11 Å². The molecule has 1 aromatic carbocycles. The quantitative estimate of drug-likeness (QED) is 0.908. The minimum Gasteiger partial charge on any atom is -0.496 e. The topological polar surface area (TPSA) is 41.7 Å². The highest BCUT2D eigenvalue weighted by molar-refractivity contribution is 5.37. The number of hydrogen-bond acceptors (Lipinski definition) is 4. The summed E-state index contributed by atoms with van der Waals surface area (Å²) in [7, 11) is 3.90. The number of benzene rings is 1. The first-order chi connectivity index (χ1) is 9.56. The van der Waals surface area contributed by atoms with E-state index in [0.717, 1.165) is 25.4 Å². The van der Waals surface area contributed by atoms with Crippen molar-refractivity contribution in [2.45, 2.75) is 25.9 Å². The summed E-state index contributed by atoms with van der Waals surface area (Å²) in [4.78, 5) is 4.91. The highest BCUT2D eigenvalue weighted by Gasteiger charge is 2.26. The predicted octanol–water partition coefficient (Wildman–Crippen LogP) is 1.64. The number of likely N-dealkylation sites (N-methyl/N-ethyl adjacent to an activating group) is 1. The van der Waals surface area contributed by atoms with E-state index in [0.29, 0.717) is 18.6 Å². The Hall–Kier alpha value is -1.10. The Kier molecular flexibility index (Phi) is 5.02. The van der Waals surface area contributed by atoms with Crippen molar-refractivity contribution in [3.8, 4) is 5.75 Å². The standard InChI is InChI=1S/C16H27N3O/c1-12-9-14(5-6-16(12)20-4)15(10-17)19-8-7-18(3)13(2)11-19/h5-6,9,13,15H,7-8,10-11,17H2,1-4H3. The number of ether oxygens (including phenoxy) is 1. The summed E-state index contributed by atoms with van der Waals surface area (Å²) in [5, 5.41) is 0. The zero-order chi connectivity index (χ0) is 14.7. The van der Waals surface area contributed by atoms with Gasteiger partial charge in [0.15, 0.2) is 0 Å². The Morgan fingerprint density at radius 2 is 2.15 bits per heavy atom. The highest BCUT2D eigenvalue weighted by atomic mass is 16.5. The van der Waals surface area contributed by atoms with E-state index in [2.05, 4.69) is 42.8 Å². The molecule has 2 rings (SSSR count). The molecule has 0 aliphatic carbocycles. The average Bonchev–Trinajstić information content (AvgIpc) is 2.44. The molecule has 4 nitrogen and oxygen atoms in total. The molecular formula is C16H27N3O. The third kappa shape index (κ3) is 3.14. The molecule has 1 aliphatic rings. The molecule has 2 N–H and O–H groups in total. The summed E-state index contributed by atoms with van der Waals surface area (Å²) in [6.45, 7) is 8.27. The van der Waals surface area contributed by atoms with E-state index >= 15 is 0 Å². The van der Waals surface area contributed by atoms with Gasteiger partial charge >= 0.3 is 0 Å². The Labute approximate surface area is 122 Å². The van der Waals surface area contributed by atoms with Gasteiger partial charge in [0, 0.05) is 38.3 Å². The number of nitrogens with two attached hydrogens (primary N) is 1. The maximum Gasteiger partial charge on any atom is 0.121 e. The normalized spacial score (nSPS) is 22.8. The molecule has 0 radical (unpaired) electrons. The molecule has 1 saturated heterocycles. The van der Waals surface area contributed by atoms with E-state index < -0.39 is 0 Å². The molecule has 0 bridgehead atoms. The summed E-state index contributed by atoms with van der Waals surface area (Å²) < 4.78 is 5.34. The van der Waals surface area contributed by atoms with Crippen LogP contribution in [0.1, 0.15) is 24.1 Å². The summed E-state index contributed by atoms with van der Waals surface area (Å²) in [6.07, 6.45) is 0. The van der Waals surface area contributed by atoms with Gasteiger partial charge in [-0.2, -0.15) is 0 Å². The third-order valence-electron chi connectivity index (χ3n) is 4.46. The van der Waals surface area contributed by atoms with Crippen molar-refractivity contribution < 1.29 is 4.74 Å². The Bertz CT molecular complexity index is 449. The number of aryl methyl sites for hydroxylation is 1. The van der Waals surface area contributed by atoms with E-state index in [9.17, 15) is 0 Å². The summed E-state index contributed by atoms with van der Waals surface area (Å²) in [5.41, 5.74) is 8.52. The molecule has 20 heavy (non-hydrogen) atoms. The second-order valence-corrected chi connectivity index (χ2v) is 5.81. The molecular weight excluding hydrogens is 250 g/mol. The lowest BCUT2D eigenvalue weighted by atomic mass is 10.0. The molecule has 4 heteroatoms. The Morgan fingerprint density at radius 1 is 1.40 bits per heavy atom. The molecule has 0 spiro atoms. The summed E-state index contributed by atoms with van der Waals surface area (Å²) >= 11 is 0. The highest BCUT2D eigenvalue weighted by Crippen LogP contribution is 2.27. The molecule has 0 saturated carbocycles. The monoisotopic (exact) mass is 277 g/mol. The predicted molar refractivity (Wildman–Crippen MR) is 83.2 cm³/mol. The molecule has 1 aromatic rings. The largest absolute Gasteiger partial charge is 0.496 e. The van der Waals surface area contributed by atoms with Crippen molar-refractivity contribution in [1.82, 2.24) is 9.80 Å². The molecule has 2 atom stereocenters. The van der Waals surface area contributed by atoms with Crippen LogP contribution in [0, 0.1) is 6.92 Å². The summed E-state index contributed by atoms with van der Waals surface area (Å²) in [5.74, 6) is 0.941. The lowest BCUT2D eigenvalue weighted by molar-refractivity contribution is 0.0741. The molecule has 2 unspecified atom stereocenters. The van der Waals surface area contributed by atoms with Crippen LogP contribution in [0.5, 0.6) is 5.75 Å². The van der Waals surface area contributed by atoms with Crippen LogP contribution >= 0.6 is 0 Å². The van der Waals surface area contributed by atoms with Gasteiger partial charge < -0.3 is 15.4 Å². The van der Waals surface area contributed by atoms with Gasteiger partial charge in [-0.15, -0.1) is 0 Å². The van der Waals surface area contributed by atoms with Gasteiger partial charge in [0.05, 0.1) is 7.11 Å². The second-order valence-electron chi connectivity index (χ2n) is 5.81. The minimum absolute atomic E-state index is 0.302. The fourth-order valence-corrected chi connectivity index (χ4v) is 2.96. The lowest BCUT2D eigenvalue weighted by Gasteiger charge is -2.41. The maximum atomic E-state index is 6.05. The first-order valence-corrected chi connectivity index (χ1v) is 7.35. The van der Waals surface area contributed by atoms with Gasteiger partial charge in [0.25, 0.3) is 0 Å². The van der Waals surface area contributed by atoms with Gasteiger partial charge in [-0.3, -0.25) is 4.90 Å². The van der Waals surface area contributed by atoms with Crippen LogP contribution in [0.4, 0.5) is 0 Å². The Morgan fingerprint density at radius 3 is 2.70 bits per heavy atom. The van der Waals surface area contributed by atoms with E-state index in [1.165, 1.54) is 11.1 Å². The molecule has 0 aromatic heterocycles. The zero-order valence-corrected chi connectivity index (χ0v) is 13.1. The maximum absolute atomic E-state index is 6.05. The second kappa shape index (κ2) is 6.57. The van der Waals surface area contributed by atoms with Crippen molar-refractivity contribution in [2.75, 3.05) is 40.3 Å². The van der Waals surface area contributed by atoms with Gasteiger partial charge in [-0.05, 0) is 38.1 Å². The minimum atomic E-state index is 0.302. The number of nitrogens with zero attached hydrogens (tertiary/aromatic N) is 2. The van der Waals surface area contributed by atoms with Crippen LogP contribution in [0.15, 0.2) is 18.2 Å². The fourth-order valence-electron chi connectivity index (χ4n) is 2.96. The van der Waals surface area contributed by atoms with E-state index in [1.807, 2.05) is 6.07 Å². The van der Waals surface area contributed by atoms with Crippen LogP contribution in [-0.2, 0) is 0 Å². The van der Waals surface area contributed by atoms with Crippen LogP contribution in [0.25, 0.3) is 0 Å². The van der Waals surface area contributed by atoms with Crippen molar-refractivity contribution in [2.24, 2.45) is 5.73 Å². The van der Waals surface area contributed by atoms with Gasteiger partial charge in [0.1, 0.15) is 5.75 Å². The lowest BCUT2D eigenvalue weighted by Crippen LogP contribution is -2.52. The van der Waals surface area contributed by atoms with Crippen molar-refractivity contribution >= 4 is 0 Å². The fraction of sp³-hybridized carbons (Fsp3) is 0.625. The van der Waals surface area contributed by atoms with E-state index in [4.69, 9.17) is 10.5 Å². The number of piperazine rings is 1. The van der Waals surface area contributed by atoms with Crippen LogP contribution in [0.3, 0.4) is 0 Å². The van der Waals surface area contributed by atoms with Crippen molar-refractivity contribution in [3.05, 3.63) is 29.3 Å². The van der Waals surface area contributed by atoms with E-state index in [-0.39, 0.29) is 0 Å². The SMILES string of the molecule is COc1ccc(C(CN)N2CCN(C)C(C)C2)cc1C. The molecule has 0 amide bonds. The average molecular weight is 277 g/mol. The van der Waals surface area contributed by atoms with Crippen LogP contribution in [0.2, 0.25) is 0 Å². The van der Waals surface area contributed by atoms with Gasteiger partial charge in [-0.25, -0.2) is 0 Å². The number of methoxy groups -OCH3 is 1. The third-order valence-corrected chi connectivity index (χ3v) is 4.46.